The lowest BCUT2D eigenvalue weighted by atomic mass is 10.0. The lowest BCUT2D eigenvalue weighted by molar-refractivity contribution is 0.0601. The number of carbonyl (C=O) groups is 1. The van der Waals surface area contributed by atoms with Crippen molar-refractivity contribution in [1.29, 1.82) is 0 Å². The van der Waals surface area contributed by atoms with E-state index in [4.69, 9.17) is 4.74 Å². The molecule has 1 saturated heterocycles. The molecule has 0 saturated carbocycles. The van der Waals surface area contributed by atoms with Gasteiger partial charge in [-0.25, -0.2) is 4.79 Å². The number of anilines is 1. The standard InChI is InChI=1S/C15H22N2O2/c1-17(11-12-7-5-6-10-16-12)14-9-4-3-8-13(14)15(18)19-2/h3-4,8-9,12,16H,5-7,10-11H2,1-2H3. The van der Waals surface area contributed by atoms with Crippen molar-refractivity contribution in [3.05, 3.63) is 29.8 Å². The Morgan fingerprint density at radius 1 is 1.42 bits per heavy atom. The van der Waals surface area contributed by atoms with Crippen molar-refractivity contribution in [2.45, 2.75) is 25.3 Å². The van der Waals surface area contributed by atoms with E-state index in [1.165, 1.54) is 26.4 Å². The molecule has 1 atom stereocenters. The summed E-state index contributed by atoms with van der Waals surface area (Å²) in [6.07, 6.45) is 3.74. The number of hydrogen-bond donors (Lipinski definition) is 1. The molecule has 2 rings (SSSR count). The number of likely N-dealkylation sites (N-methyl/N-ethyl adjacent to an activating group) is 1. The van der Waals surface area contributed by atoms with Crippen molar-refractivity contribution in [3.63, 3.8) is 0 Å². The number of nitrogens with one attached hydrogen (secondary N) is 1. The monoisotopic (exact) mass is 262 g/mol. The number of hydrogen-bond acceptors (Lipinski definition) is 4. The predicted octanol–water partition coefficient (Wildman–Crippen LogP) is 2.05. The molecule has 1 aliphatic heterocycles. The number of piperidine rings is 1. The average molecular weight is 262 g/mol. The zero-order valence-corrected chi connectivity index (χ0v) is 11.7. The summed E-state index contributed by atoms with van der Waals surface area (Å²) in [4.78, 5) is 13.9. The normalized spacial score (nSPS) is 18.9. The molecule has 1 N–H and O–H groups in total. The molecule has 1 aromatic rings. The van der Waals surface area contributed by atoms with Gasteiger partial charge in [0.2, 0.25) is 0 Å². The second-order valence-electron chi connectivity index (χ2n) is 5.04. The van der Waals surface area contributed by atoms with Crippen LogP contribution < -0.4 is 10.2 Å². The average Bonchev–Trinajstić information content (AvgIpc) is 2.47. The summed E-state index contributed by atoms with van der Waals surface area (Å²) < 4.78 is 4.84. The Kier molecular flexibility index (Phi) is 4.80. The van der Waals surface area contributed by atoms with Gasteiger partial charge in [-0.15, -0.1) is 0 Å². The van der Waals surface area contributed by atoms with Gasteiger partial charge < -0.3 is 15.0 Å². The molecule has 1 aromatic carbocycles. The van der Waals surface area contributed by atoms with Crippen LogP contribution in [0.5, 0.6) is 0 Å². The van der Waals surface area contributed by atoms with Gasteiger partial charge in [0, 0.05) is 19.6 Å². The summed E-state index contributed by atoms with van der Waals surface area (Å²) in [5.74, 6) is -0.279. The minimum Gasteiger partial charge on any atom is -0.465 e. The Balaban J connectivity index is 2.09. The fourth-order valence-electron chi connectivity index (χ4n) is 2.60. The van der Waals surface area contributed by atoms with E-state index in [2.05, 4.69) is 10.2 Å². The molecule has 0 amide bonds. The van der Waals surface area contributed by atoms with Crippen molar-refractivity contribution >= 4 is 11.7 Å². The van der Waals surface area contributed by atoms with E-state index < -0.39 is 0 Å². The Bertz CT molecular complexity index is 428. The molecule has 1 heterocycles. The third-order valence-electron chi connectivity index (χ3n) is 3.63. The smallest absolute Gasteiger partial charge is 0.339 e. The second-order valence-corrected chi connectivity index (χ2v) is 5.04. The van der Waals surface area contributed by atoms with Crippen LogP contribution in [0.4, 0.5) is 5.69 Å². The van der Waals surface area contributed by atoms with Gasteiger partial charge >= 0.3 is 5.97 Å². The minimum absolute atomic E-state index is 0.279. The molecule has 0 radical (unpaired) electrons. The maximum absolute atomic E-state index is 11.8. The van der Waals surface area contributed by atoms with Gasteiger partial charge in [-0.1, -0.05) is 18.6 Å². The molecular formula is C15H22N2O2. The summed E-state index contributed by atoms with van der Waals surface area (Å²) >= 11 is 0. The van der Waals surface area contributed by atoms with Crippen LogP contribution in [0.25, 0.3) is 0 Å². The molecular weight excluding hydrogens is 240 g/mol. The van der Waals surface area contributed by atoms with Gasteiger partial charge in [0.1, 0.15) is 0 Å². The molecule has 0 spiro atoms. The van der Waals surface area contributed by atoms with Crippen molar-refractivity contribution in [2.24, 2.45) is 0 Å². The first-order valence-corrected chi connectivity index (χ1v) is 6.84. The Morgan fingerprint density at radius 2 is 2.21 bits per heavy atom. The van der Waals surface area contributed by atoms with Crippen molar-refractivity contribution in [2.75, 3.05) is 32.1 Å². The van der Waals surface area contributed by atoms with E-state index in [1.807, 2.05) is 31.3 Å². The van der Waals surface area contributed by atoms with Crippen LogP contribution in [-0.2, 0) is 4.74 Å². The fraction of sp³-hybridized carbons (Fsp3) is 0.533. The quantitative estimate of drug-likeness (QED) is 0.843. The molecule has 0 bridgehead atoms. The number of nitrogens with zero attached hydrogens (tertiary/aromatic N) is 1. The van der Waals surface area contributed by atoms with Crippen molar-refractivity contribution < 1.29 is 9.53 Å². The number of para-hydroxylation sites is 1. The van der Waals surface area contributed by atoms with Gasteiger partial charge in [0.15, 0.2) is 0 Å². The van der Waals surface area contributed by atoms with Crippen LogP contribution in [0.1, 0.15) is 29.6 Å². The Hall–Kier alpha value is -1.55. The SMILES string of the molecule is COC(=O)c1ccccc1N(C)CC1CCCCN1. The van der Waals surface area contributed by atoms with Crippen LogP contribution in [0.15, 0.2) is 24.3 Å². The first-order valence-electron chi connectivity index (χ1n) is 6.84. The molecule has 0 aromatic heterocycles. The first-order chi connectivity index (χ1) is 9.22. The number of esters is 1. The highest BCUT2D eigenvalue weighted by molar-refractivity contribution is 5.95. The predicted molar refractivity (Wildman–Crippen MR) is 76.7 cm³/mol. The van der Waals surface area contributed by atoms with E-state index >= 15 is 0 Å². The number of benzene rings is 1. The minimum atomic E-state index is -0.279. The largest absolute Gasteiger partial charge is 0.465 e. The molecule has 4 heteroatoms. The summed E-state index contributed by atoms with van der Waals surface area (Å²) in [6.45, 7) is 2.01. The number of rotatable bonds is 4. The first kappa shape index (κ1) is 13.9. The lowest BCUT2D eigenvalue weighted by Gasteiger charge is -2.30. The van der Waals surface area contributed by atoms with Gasteiger partial charge in [0.25, 0.3) is 0 Å². The third-order valence-corrected chi connectivity index (χ3v) is 3.63. The molecule has 4 nitrogen and oxygen atoms in total. The van der Waals surface area contributed by atoms with Crippen LogP contribution in [-0.4, -0.2) is 39.3 Å². The van der Waals surface area contributed by atoms with E-state index in [1.54, 1.807) is 0 Å². The topological polar surface area (TPSA) is 41.6 Å². The van der Waals surface area contributed by atoms with Crippen LogP contribution in [0.3, 0.4) is 0 Å². The van der Waals surface area contributed by atoms with Crippen LogP contribution in [0.2, 0.25) is 0 Å². The summed E-state index contributed by atoms with van der Waals surface area (Å²) in [5.41, 5.74) is 1.56. The zero-order chi connectivity index (χ0) is 13.7. The van der Waals surface area contributed by atoms with Crippen molar-refractivity contribution in [1.82, 2.24) is 5.32 Å². The zero-order valence-electron chi connectivity index (χ0n) is 11.7. The fourth-order valence-corrected chi connectivity index (χ4v) is 2.60. The van der Waals surface area contributed by atoms with Crippen molar-refractivity contribution in [3.8, 4) is 0 Å². The molecule has 1 fully saturated rings. The van der Waals surface area contributed by atoms with Crippen LogP contribution >= 0.6 is 0 Å². The highest BCUT2D eigenvalue weighted by atomic mass is 16.5. The van der Waals surface area contributed by atoms with E-state index in [0.29, 0.717) is 11.6 Å². The van der Waals surface area contributed by atoms with E-state index in [0.717, 1.165) is 18.8 Å². The molecule has 1 aliphatic rings. The van der Waals surface area contributed by atoms with Gasteiger partial charge in [-0.05, 0) is 31.5 Å². The van der Waals surface area contributed by atoms with Gasteiger partial charge in [-0.2, -0.15) is 0 Å². The maximum atomic E-state index is 11.8. The van der Waals surface area contributed by atoms with Gasteiger partial charge in [0.05, 0.1) is 18.4 Å². The highest BCUT2D eigenvalue weighted by Crippen LogP contribution is 2.21. The van der Waals surface area contributed by atoms with Crippen LogP contribution in [0, 0.1) is 0 Å². The van der Waals surface area contributed by atoms with E-state index in [9.17, 15) is 4.79 Å². The maximum Gasteiger partial charge on any atom is 0.339 e. The molecule has 1 unspecified atom stereocenters. The van der Waals surface area contributed by atoms with Gasteiger partial charge in [-0.3, -0.25) is 0 Å². The molecule has 19 heavy (non-hydrogen) atoms. The second kappa shape index (κ2) is 6.57. The Labute approximate surface area is 114 Å². The van der Waals surface area contributed by atoms with E-state index in [-0.39, 0.29) is 5.97 Å². The third kappa shape index (κ3) is 3.47. The highest BCUT2D eigenvalue weighted by Gasteiger charge is 2.18. The molecule has 0 aliphatic carbocycles. The Morgan fingerprint density at radius 3 is 2.89 bits per heavy atom. The number of carbonyl (C=O) groups excluding carboxylic acids is 1. The summed E-state index contributed by atoms with van der Waals surface area (Å²) in [7, 11) is 3.44. The summed E-state index contributed by atoms with van der Waals surface area (Å²) in [6, 6.07) is 8.10. The molecule has 104 valence electrons. The number of ether oxygens (including phenoxy) is 1. The lowest BCUT2D eigenvalue weighted by Crippen LogP contribution is -2.42. The number of methoxy groups -OCH3 is 1. The summed E-state index contributed by atoms with van der Waals surface area (Å²) in [5, 5.41) is 3.52.